The summed E-state index contributed by atoms with van der Waals surface area (Å²) < 4.78 is 62.2. The van der Waals surface area contributed by atoms with Crippen molar-refractivity contribution in [3.8, 4) is 22.6 Å². The highest BCUT2D eigenvalue weighted by molar-refractivity contribution is 7.63. The van der Waals surface area contributed by atoms with Gasteiger partial charge in [-0.15, -0.1) is 0 Å². The van der Waals surface area contributed by atoms with Crippen molar-refractivity contribution in [2.24, 2.45) is 0 Å². The van der Waals surface area contributed by atoms with E-state index in [2.05, 4.69) is 9.97 Å². The zero-order valence-electron chi connectivity index (χ0n) is 13.8. The topological polar surface area (TPSA) is 62.8 Å². The molecule has 0 aliphatic carbocycles. The summed E-state index contributed by atoms with van der Waals surface area (Å²) in [6.45, 7) is 1.48. The van der Waals surface area contributed by atoms with Gasteiger partial charge in [-0.1, -0.05) is 23.7 Å². The minimum atomic E-state index is -4.52. The molecule has 9 heteroatoms. The van der Waals surface area contributed by atoms with E-state index in [1.54, 1.807) is 24.3 Å². The van der Waals surface area contributed by atoms with Gasteiger partial charge in [0.1, 0.15) is 5.82 Å². The molecule has 27 heavy (non-hydrogen) atoms. The number of rotatable bonds is 2. The van der Waals surface area contributed by atoms with Gasteiger partial charge < -0.3 is 4.98 Å². The minimum Gasteiger partial charge on any atom is -0.327 e. The molecular formula is C18H12ClF3N2O2S. The highest BCUT2D eigenvalue weighted by atomic mass is 35.5. The normalized spacial score (nSPS) is 11.4. The minimum absolute atomic E-state index is 0.143. The molecule has 1 aromatic heterocycles. The summed E-state index contributed by atoms with van der Waals surface area (Å²) in [6, 6.07) is 11.1. The van der Waals surface area contributed by atoms with E-state index in [1.165, 1.54) is 19.1 Å². The maximum Gasteiger partial charge on any atom is 0.416 e. The molecule has 0 amide bonds. The molecule has 0 atom stereocenters. The van der Waals surface area contributed by atoms with Crippen LogP contribution in [0, 0.1) is 11.6 Å². The van der Waals surface area contributed by atoms with Crippen LogP contribution in [-0.2, 0) is 16.5 Å². The Kier molecular flexibility index (Phi) is 5.12. The summed E-state index contributed by atoms with van der Waals surface area (Å²) in [5.41, 5.74) is 0.230. The first-order valence-corrected chi connectivity index (χ1v) is 9.09. The molecule has 1 heterocycles. The molecule has 140 valence electrons. The molecule has 4 nitrogen and oxygen atoms in total. The molecule has 0 bridgehead atoms. The first-order valence-electron chi connectivity index (χ1n) is 7.63. The molecule has 0 aliphatic rings. The standard InChI is InChI=1S/C18H12ClF3N2O2S/c1-10-15(12-3-2-4-13(9-12)18(20,21)22)23-16(24-17(10)27(25)26)11-5-7-14(19)8-6-11/h2-9H,1H3,(H,23,24). The fraction of sp³-hybridized carbons (Fsp3) is 0.111. The first-order chi connectivity index (χ1) is 12.7. The molecule has 0 aliphatic heterocycles. The maximum absolute atomic E-state index is 13.0. The number of alkyl halides is 3. The summed E-state index contributed by atoms with van der Waals surface area (Å²) >= 11 is 5.86. The van der Waals surface area contributed by atoms with Crippen molar-refractivity contribution in [2.45, 2.75) is 13.1 Å². The maximum atomic E-state index is 13.0. The highest BCUT2D eigenvalue weighted by Gasteiger charge is 2.30. The second-order valence-electron chi connectivity index (χ2n) is 5.71. The Balaban J connectivity index is 2.31. The average molecular weight is 413 g/mol. The molecule has 0 saturated carbocycles. The predicted octanol–water partition coefficient (Wildman–Crippen LogP) is 5.14. The Bertz CT molecular complexity index is 1180. The Morgan fingerprint density at radius 3 is 2.30 bits per heavy atom. The smallest absolute Gasteiger partial charge is 0.327 e. The number of aromatic nitrogens is 2. The molecule has 0 saturated heterocycles. The van der Waals surface area contributed by atoms with Gasteiger partial charge in [0.25, 0.3) is 0 Å². The molecule has 0 radical (unpaired) electrons. The number of hydrogen-bond acceptors (Lipinski definition) is 3. The highest BCUT2D eigenvalue weighted by Crippen LogP contribution is 2.33. The van der Waals surface area contributed by atoms with Crippen LogP contribution in [0.5, 0.6) is 0 Å². The van der Waals surface area contributed by atoms with E-state index in [0.29, 0.717) is 10.6 Å². The summed E-state index contributed by atoms with van der Waals surface area (Å²) in [6.07, 6.45) is -4.52. The van der Waals surface area contributed by atoms with Crippen LogP contribution in [0.15, 0.2) is 48.5 Å². The number of aromatic amines is 1. The lowest BCUT2D eigenvalue weighted by Gasteiger charge is -2.12. The average Bonchev–Trinajstić information content (AvgIpc) is 2.62. The quantitative estimate of drug-likeness (QED) is 0.593. The number of hydrogen-bond donors (Lipinski definition) is 1. The lowest BCUT2D eigenvalue weighted by atomic mass is 10.0. The zero-order chi connectivity index (χ0) is 19.8. The lowest BCUT2D eigenvalue weighted by molar-refractivity contribution is -0.137. The Morgan fingerprint density at radius 2 is 1.70 bits per heavy atom. The third kappa shape index (κ3) is 4.06. The van der Waals surface area contributed by atoms with Crippen molar-refractivity contribution in [3.63, 3.8) is 0 Å². The third-order valence-electron chi connectivity index (χ3n) is 3.90. The zero-order valence-corrected chi connectivity index (χ0v) is 15.4. The van der Waals surface area contributed by atoms with Crippen LogP contribution < -0.4 is 0 Å². The van der Waals surface area contributed by atoms with E-state index in [4.69, 9.17) is 11.6 Å². The number of benzene rings is 2. The van der Waals surface area contributed by atoms with Crippen LogP contribution >= 0.6 is 11.6 Å². The van der Waals surface area contributed by atoms with Crippen LogP contribution in [0.4, 0.5) is 13.2 Å². The summed E-state index contributed by atoms with van der Waals surface area (Å²) in [5.74, 6) is 0.198. The van der Waals surface area contributed by atoms with Crippen LogP contribution in [-0.4, -0.2) is 18.4 Å². The number of nitrogens with zero attached hydrogens (tertiary/aromatic N) is 1. The summed E-state index contributed by atoms with van der Waals surface area (Å²) in [5, 5.41) is 0.483. The van der Waals surface area contributed by atoms with Gasteiger partial charge >= 0.3 is 6.18 Å². The van der Waals surface area contributed by atoms with E-state index in [9.17, 15) is 21.6 Å². The molecule has 0 fully saturated rings. The third-order valence-corrected chi connectivity index (χ3v) is 4.89. The Labute approximate surface area is 158 Å². The second kappa shape index (κ2) is 7.21. The van der Waals surface area contributed by atoms with E-state index in [1.807, 2.05) is 0 Å². The van der Waals surface area contributed by atoms with E-state index in [-0.39, 0.29) is 27.3 Å². The van der Waals surface area contributed by atoms with E-state index >= 15 is 0 Å². The van der Waals surface area contributed by atoms with Gasteiger partial charge in [-0.2, -0.15) is 21.6 Å². The van der Waals surface area contributed by atoms with E-state index < -0.39 is 22.0 Å². The van der Waals surface area contributed by atoms with Crippen molar-refractivity contribution in [1.82, 2.24) is 9.97 Å². The van der Waals surface area contributed by atoms with Gasteiger partial charge in [0.15, 0.2) is 4.64 Å². The number of H-pyrrole nitrogens is 1. The molecule has 3 rings (SSSR count). The van der Waals surface area contributed by atoms with Crippen LogP contribution in [0.2, 0.25) is 5.02 Å². The van der Waals surface area contributed by atoms with Gasteiger partial charge in [-0.3, -0.25) is 0 Å². The van der Waals surface area contributed by atoms with Crippen molar-refractivity contribution >= 4 is 21.9 Å². The molecular weight excluding hydrogens is 401 g/mol. The number of halogens is 4. The van der Waals surface area contributed by atoms with E-state index in [0.717, 1.165) is 12.1 Å². The second-order valence-corrected chi connectivity index (χ2v) is 7.02. The van der Waals surface area contributed by atoms with Crippen molar-refractivity contribution in [3.05, 3.63) is 69.3 Å². The van der Waals surface area contributed by atoms with Gasteiger partial charge in [-0.05, 0) is 43.3 Å². The Morgan fingerprint density at radius 1 is 1.04 bits per heavy atom. The SMILES string of the molecule is Cc1c(-c2cccc(C(F)(F)F)c2)nc(-c2ccc(Cl)cc2)[nH]c1=S(=O)=O. The van der Waals surface area contributed by atoms with Crippen LogP contribution in [0.3, 0.4) is 0 Å². The summed E-state index contributed by atoms with van der Waals surface area (Å²) in [4.78, 5) is 7.08. The Hall–Kier alpha value is -2.58. The lowest BCUT2D eigenvalue weighted by Crippen LogP contribution is -2.05. The van der Waals surface area contributed by atoms with Crippen LogP contribution in [0.25, 0.3) is 22.6 Å². The van der Waals surface area contributed by atoms with Crippen molar-refractivity contribution in [2.75, 3.05) is 0 Å². The summed E-state index contributed by atoms with van der Waals surface area (Å²) in [7, 11) is -2.63. The van der Waals surface area contributed by atoms with Gasteiger partial charge in [0.05, 0.1) is 11.3 Å². The van der Waals surface area contributed by atoms with Gasteiger partial charge in [0.2, 0.25) is 10.3 Å². The van der Waals surface area contributed by atoms with Crippen molar-refractivity contribution < 1.29 is 21.6 Å². The largest absolute Gasteiger partial charge is 0.416 e. The molecule has 0 unspecified atom stereocenters. The van der Waals surface area contributed by atoms with Crippen LogP contribution in [0.1, 0.15) is 11.1 Å². The monoisotopic (exact) mass is 412 g/mol. The van der Waals surface area contributed by atoms with Gasteiger partial charge in [0, 0.05) is 21.7 Å². The fourth-order valence-corrected chi connectivity index (χ4v) is 3.22. The fourth-order valence-electron chi connectivity index (χ4n) is 2.57. The molecule has 0 spiro atoms. The molecule has 2 aromatic carbocycles. The first kappa shape index (κ1) is 19.2. The molecule has 1 N–H and O–H groups in total. The number of nitrogens with one attached hydrogen (secondary N) is 1. The van der Waals surface area contributed by atoms with Crippen molar-refractivity contribution in [1.29, 1.82) is 0 Å². The molecule has 3 aromatic rings. The van der Waals surface area contributed by atoms with Gasteiger partial charge in [-0.25, -0.2) is 4.98 Å². The predicted molar refractivity (Wildman–Crippen MR) is 96.4 cm³/mol.